The number of carbonyl (C=O) groups excluding carboxylic acids is 2. The van der Waals surface area contributed by atoms with Crippen LogP contribution in [0.3, 0.4) is 0 Å². The highest BCUT2D eigenvalue weighted by Crippen LogP contribution is 2.19. The summed E-state index contributed by atoms with van der Waals surface area (Å²) < 4.78 is 5.19. The number of hydrogen-bond donors (Lipinski definition) is 2. The van der Waals surface area contributed by atoms with Gasteiger partial charge in [0.15, 0.2) is 0 Å². The second-order valence-corrected chi connectivity index (χ2v) is 3.45. The van der Waals surface area contributed by atoms with Crippen molar-refractivity contribution in [3.63, 3.8) is 0 Å². The molecule has 87 valence electrons. The lowest BCUT2D eigenvalue weighted by molar-refractivity contribution is -0.114. The summed E-state index contributed by atoms with van der Waals surface area (Å²) in [6.45, 7) is 0.113. The average Bonchev–Trinajstić information content (AvgIpc) is 2.75. The van der Waals surface area contributed by atoms with E-state index < -0.39 is 5.91 Å². The Hall–Kier alpha value is -2.30. The lowest BCUT2D eigenvalue weighted by Gasteiger charge is -2.04. The number of carbonyl (C=O) groups is 2. The van der Waals surface area contributed by atoms with Gasteiger partial charge in [0.05, 0.1) is 18.2 Å². The second-order valence-electron chi connectivity index (χ2n) is 3.45. The van der Waals surface area contributed by atoms with E-state index in [-0.39, 0.29) is 12.5 Å². The first kappa shape index (κ1) is 11.2. The first-order valence-electron chi connectivity index (χ1n) is 5.05. The predicted octanol–water partition coefficient (Wildman–Crippen LogP) is 0.852. The molecule has 0 fully saturated rings. The maximum Gasteiger partial charge on any atom is 0.252 e. The van der Waals surface area contributed by atoms with Gasteiger partial charge in [0, 0.05) is 11.9 Å². The van der Waals surface area contributed by atoms with E-state index in [1.165, 1.54) is 12.7 Å². The molecule has 1 heterocycles. The number of hydrogen-bond acceptors (Lipinski definition) is 3. The van der Waals surface area contributed by atoms with E-state index in [1.54, 1.807) is 24.3 Å². The smallest absolute Gasteiger partial charge is 0.252 e. The van der Waals surface area contributed by atoms with Gasteiger partial charge < -0.3 is 15.5 Å². The van der Waals surface area contributed by atoms with Gasteiger partial charge in [0.25, 0.3) is 5.91 Å². The molecule has 5 heteroatoms. The first-order valence-corrected chi connectivity index (χ1v) is 5.05. The molecule has 2 aromatic rings. The van der Waals surface area contributed by atoms with Crippen molar-refractivity contribution in [2.45, 2.75) is 0 Å². The van der Waals surface area contributed by atoms with Gasteiger partial charge in [-0.05, 0) is 18.2 Å². The van der Waals surface area contributed by atoms with Crippen LogP contribution in [0.2, 0.25) is 0 Å². The summed E-state index contributed by atoms with van der Waals surface area (Å²) >= 11 is 0. The molecule has 0 aliphatic rings. The number of rotatable bonds is 4. The Morgan fingerprint density at radius 1 is 1.35 bits per heavy atom. The van der Waals surface area contributed by atoms with Crippen molar-refractivity contribution in [2.75, 3.05) is 6.54 Å². The second kappa shape index (κ2) is 4.69. The van der Waals surface area contributed by atoms with E-state index in [2.05, 4.69) is 5.32 Å². The number of nitrogens with two attached hydrogens (primary N) is 1. The van der Waals surface area contributed by atoms with E-state index in [0.29, 0.717) is 11.1 Å². The predicted molar refractivity (Wildman–Crippen MR) is 62.0 cm³/mol. The monoisotopic (exact) mass is 231 g/mol. The van der Waals surface area contributed by atoms with Crippen LogP contribution in [0, 0.1) is 6.42 Å². The van der Waals surface area contributed by atoms with Crippen molar-refractivity contribution in [3.05, 3.63) is 42.5 Å². The summed E-state index contributed by atoms with van der Waals surface area (Å²) in [5, 5.41) is 3.32. The molecule has 0 unspecified atom stereocenters. The van der Waals surface area contributed by atoms with Crippen LogP contribution in [0.1, 0.15) is 10.4 Å². The van der Waals surface area contributed by atoms with Gasteiger partial charge in [-0.2, -0.15) is 0 Å². The Morgan fingerprint density at radius 2 is 2.18 bits per heavy atom. The van der Waals surface area contributed by atoms with E-state index in [0.717, 1.165) is 5.39 Å². The van der Waals surface area contributed by atoms with Crippen LogP contribution in [-0.4, -0.2) is 18.4 Å². The maximum absolute atomic E-state index is 11.8. The lowest BCUT2D eigenvalue weighted by Crippen LogP contribution is -2.28. The molecule has 3 N–H and O–H groups in total. The van der Waals surface area contributed by atoms with Gasteiger partial charge in [-0.3, -0.25) is 9.59 Å². The van der Waals surface area contributed by atoms with Crippen molar-refractivity contribution >= 4 is 22.8 Å². The molecule has 0 spiro atoms. The van der Waals surface area contributed by atoms with Crippen molar-refractivity contribution < 1.29 is 14.0 Å². The minimum absolute atomic E-state index is 0.113. The molecule has 0 aliphatic carbocycles. The number of fused-ring (bicyclic) bond motifs is 1. The highest BCUT2D eigenvalue weighted by Gasteiger charge is 2.10. The van der Waals surface area contributed by atoms with E-state index >= 15 is 0 Å². The molecule has 2 amide bonds. The zero-order chi connectivity index (χ0) is 12.3. The van der Waals surface area contributed by atoms with E-state index in [1.807, 2.05) is 0 Å². The number of nitrogens with one attached hydrogen (secondary N) is 1. The molecule has 0 aliphatic heterocycles. The zero-order valence-electron chi connectivity index (χ0n) is 8.97. The van der Waals surface area contributed by atoms with Crippen molar-refractivity contribution in [3.8, 4) is 0 Å². The Kier molecular flexibility index (Phi) is 3.09. The van der Waals surface area contributed by atoms with Gasteiger partial charge in [-0.1, -0.05) is 6.07 Å². The summed E-state index contributed by atoms with van der Waals surface area (Å²) in [7, 11) is 0. The Labute approximate surface area is 97.6 Å². The largest absolute Gasteiger partial charge is 0.464 e. The molecule has 5 nitrogen and oxygen atoms in total. The van der Waals surface area contributed by atoms with Crippen LogP contribution >= 0.6 is 0 Å². The molecule has 0 saturated heterocycles. The third-order valence-electron chi connectivity index (χ3n) is 2.31. The summed E-state index contributed by atoms with van der Waals surface area (Å²) in [5.74, 6) is -0.832. The standard InChI is InChI=1S/C12H11N2O3/c13-11(15)4-6-14-12(16)9-2-1-3-10-8(9)5-7-17-10/h1-5,7H,6H2,(H2,13,15)(H,14,16). The summed E-state index contributed by atoms with van der Waals surface area (Å²) in [5.41, 5.74) is 6.09. The quantitative estimate of drug-likeness (QED) is 0.818. The third-order valence-corrected chi connectivity index (χ3v) is 2.31. The number of primary amides is 1. The SMILES string of the molecule is NC(=O)[CH]CNC(=O)c1cccc2occc12. The van der Waals surface area contributed by atoms with Gasteiger partial charge in [0.1, 0.15) is 5.58 Å². The highest BCUT2D eigenvalue weighted by atomic mass is 16.3. The van der Waals surface area contributed by atoms with Crippen LogP contribution in [0.5, 0.6) is 0 Å². The molecular formula is C12H11N2O3. The van der Waals surface area contributed by atoms with Gasteiger partial charge in [-0.25, -0.2) is 0 Å². The van der Waals surface area contributed by atoms with Gasteiger partial charge in [-0.15, -0.1) is 0 Å². The molecule has 0 saturated carbocycles. The highest BCUT2D eigenvalue weighted by molar-refractivity contribution is 6.06. The van der Waals surface area contributed by atoms with Gasteiger partial charge in [0.2, 0.25) is 5.91 Å². The number of benzene rings is 1. The maximum atomic E-state index is 11.8. The molecule has 17 heavy (non-hydrogen) atoms. The normalized spacial score (nSPS) is 10.4. The van der Waals surface area contributed by atoms with Crippen LogP contribution in [-0.2, 0) is 4.79 Å². The zero-order valence-corrected chi connectivity index (χ0v) is 8.97. The molecule has 0 bridgehead atoms. The summed E-state index contributed by atoms with van der Waals surface area (Å²) in [6, 6.07) is 6.93. The summed E-state index contributed by atoms with van der Waals surface area (Å²) in [6.07, 6.45) is 2.73. The molecular weight excluding hydrogens is 220 g/mol. The molecule has 1 radical (unpaired) electrons. The fourth-order valence-corrected chi connectivity index (χ4v) is 1.53. The molecule has 0 atom stereocenters. The van der Waals surface area contributed by atoms with E-state index in [9.17, 15) is 9.59 Å². The fraction of sp³-hybridized carbons (Fsp3) is 0.0833. The number of amides is 2. The minimum atomic E-state index is -0.563. The Bertz CT molecular complexity index is 560. The summed E-state index contributed by atoms with van der Waals surface area (Å²) in [4.78, 5) is 22.3. The molecule has 1 aromatic heterocycles. The number of furan rings is 1. The van der Waals surface area contributed by atoms with Crippen molar-refractivity contribution in [1.82, 2.24) is 5.32 Å². The van der Waals surface area contributed by atoms with Crippen LogP contribution in [0.15, 0.2) is 34.9 Å². The fourth-order valence-electron chi connectivity index (χ4n) is 1.53. The molecule has 1 aromatic carbocycles. The average molecular weight is 231 g/mol. The van der Waals surface area contributed by atoms with Gasteiger partial charge >= 0.3 is 0 Å². The molecule has 2 rings (SSSR count). The topological polar surface area (TPSA) is 85.3 Å². The van der Waals surface area contributed by atoms with Crippen molar-refractivity contribution in [1.29, 1.82) is 0 Å². The Balaban J connectivity index is 2.13. The minimum Gasteiger partial charge on any atom is -0.464 e. The van der Waals surface area contributed by atoms with Crippen LogP contribution in [0.25, 0.3) is 11.0 Å². The van der Waals surface area contributed by atoms with Crippen molar-refractivity contribution in [2.24, 2.45) is 5.73 Å². The van der Waals surface area contributed by atoms with Crippen LogP contribution < -0.4 is 11.1 Å². The first-order chi connectivity index (χ1) is 8.18. The van der Waals surface area contributed by atoms with Crippen LogP contribution in [0.4, 0.5) is 0 Å². The van der Waals surface area contributed by atoms with E-state index in [4.69, 9.17) is 10.2 Å². The third kappa shape index (κ3) is 2.44. The Morgan fingerprint density at radius 3 is 2.94 bits per heavy atom. The lowest BCUT2D eigenvalue weighted by atomic mass is 10.1.